The van der Waals surface area contributed by atoms with Crippen molar-refractivity contribution in [3.05, 3.63) is 65.7 Å². The van der Waals surface area contributed by atoms with E-state index >= 15 is 0 Å². The Bertz CT molecular complexity index is 2140. The molecule has 0 spiro atoms. The maximum absolute atomic E-state index is 14.3. The number of hydrogen-bond acceptors (Lipinski definition) is 14. The third-order valence-electron chi connectivity index (χ3n) is 11.0. The normalized spacial score (nSPS) is 19.7. The number of rotatable bonds is 20. The number of phenolic OH excluding ortho intramolecular Hbond substituents is 1. The fraction of sp³-hybridized carbons (Fsp3) is 0.522. The first kappa shape index (κ1) is 57.1. The number of amides is 4. The van der Waals surface area contributed by atoms with E-state index in [9.17, 15) is 48.6 Å². The van der Waals surface area contributed by atoms with E-state index < -0.39 is 107 Å². The van der Waals surface area contributed by atoms with Crippen molar-refractivity contribution in [2.24, 2.45) is 50.5 Å². The quantitative estimate of drug-likeness (QED) is 0.0368. The van der Waals surface area contributed by atoms with Crippen molar-refractivity contribution >= 4 is 80.5 Å². The largest absolute Gasteiger partial charge is 0.508 e. The van der Waals surface area contributed by atoms with Crippen LogP contribution in [0.5, 0.6) is 5.75 Å². The lowest BCUT2D eigenvalue weighted by atomic mass is 9.90. The number of Topliss-reactive ketones (excluding diaryl/α,β-unsaturated/α-hetero) is 3. The summed E-state index contributed by atoms with van der Waals surface area (Å²) >= 11 is 0. The minimum absolute atomic E-state index is 0.00872. The Morgan fingerprint density at radius 1 is 0.841 bits per heavy atom. The van der Waals surface area contributed by atoms with Gasteiger partial charge in [-0.05, 0) is 75.6 Å². The van der Waals surface area contributed by atoms with Gasteiger partial charge < -0.3 is 60.1 Å². The molecule has 16 N–H and O–H groups in total. The predicted molar refractivity (Wildman–Crippen MR) is 265 cm³/mol. The molecule has 378 valence electrons. The maximum Gasteiger partial charge on any atom is 0.306 e. The summed E-state index contributed by atoms with van der Waals surface area (Å²) < 4.78 is -0.677. The number of hydrogen-bond donors (Lipinski definition) is 11. The van der Waals surface area contributed by atoms with Crippen LogP contribution >= 0.6 is 21.6 Å². The van der Waals surface area contributed by atoms with Gasteiger partial charge >= 0.3 is 5.97 Å². The van der Waals surface area contributed by atoms with Gasteiger partial charge in [-0.1, -0.05) is 64.1 Å². The second-order valence-electron chi connectivity index (χ2n) is 17.5. The number of carbonyl (C=O) groups excluding carboxylic acids is 7. The zero-order valence-electron chi connectivity index (χ0n) is 39.0. The monoisotopic (exact) mass is 997 g/mol. The number of carboxylic acid groups (broad SMARTS) is 1. The van der Waals surface area contributed by atoms with Crippen LogP contribution < -0.4 is 49.9 Å². The average Bonchev–Trinajstić information content (AvgIpc) is 3.29. The van der Waals surface area contributed by atoms with Gasteiger partial charge in [0.15, 0.2) is 29.3 Å². The molecule has 21 nitrogen and oxygen atoms in total. The number of guanidine groups is 2. The molecule has 1 aliphatic rings. The summed E-state index contributed by atoms with van der Waals surface area (Å²) in [5.41, 5.74) is 29.3. The molecule has 0 saturated carbocycles. The van der Waals surface area contributed by atoms with Crippen molar-refractivity contribution < 1.29 is 48.6 Å². The third-order valence-corrected chi connectivity index (χ3v) is 14.3. The number of aromatic hydroxyl groups is 1. The molecule has 0 radical (unpaired) electrons. The number of nitrogens with one attached hydrogen (secondary N) is 4. The highest BCUT2D eigenvalue weighted by atomic mass is 33.1. The predicted octanol–water partition coefficient (Wildman–Crippen LogP) is 0.331. The minimum Gasteiger partial charge on any atom is -0.508 e. The molecule has 2 aromatic carbocycles. The van der Waals surface area contributed by atoms with E-state index in [0.29, 0.717) is 11.1 Å². The molecule has 69 heavy (non-hydrogen) atoms. The van der Waals surface area contributed by atoms with Crippen LogP contribution in [0.25, 0.3) is 0 Å². The summed E-state index contributed by atoms with van der Waals surface area (Å²) in [6, 6.07) is 10.4. The molecule has 6 unspecified atom stereocenters. The van der Waals surface area contributed by atoms with Crippen LogP contribution in [0.3, 0.4) is 0 Å². The van der Waals surface area contributed by atoms with Gasteiger partial charge in [0.1, 0.15) is 5.75 Å². The Morgan fingerprint density at radius 3 is 2.10 bits per heavy atom. The third kappa shape index (κ3) is 22.2. The number of ketones is 3. The van der Waals surface area contributed by atoms with E-state index in [0.717, 1.165) is 0 Å². The van der Waals surface area contributed by atoms with Crippen LogP contribution in [0.4, 0.5) is 0 Å². The number of aliphatic imine (C=N–C) groups is 2. The zero-order valence-corrected chi connectivity index (χ0v) is 40.7. The molecule has 1 fully saturated rings. The van der Waals surface area contributed by atoms with Crippen molar-refractivity contribution in [3.8, 4) is 5.75 Å². The Labute approximate surface area is 409 Å². The summed E-state index contributed by atoms with van der Waals surface area (Å²) in [7, 11) is 2.59. The number of carbonyl (C=O) groups is 8. The van der Waals surface area contributed by atoms with Crippen molar-refractivity contribution in [2.45, 2.75) is 113 Å². The van der Waals surface area contributed by atoms with E-state index in [2.05, 4.69) is 31.3 Å². The Morgan fingerprint density at radius 2 is 1.48 bits per heavy atom. The molecule has 1 saturated heterocycles. The van der Waals surface area contributed by atoms with Crippen molar-refractivity contribution in [1.82, 2.24) is 21.3 Å². The number of carboxylic acids is 1. The standard InChI is InChI=1S/C46H67N11O10S2/c1-46(2)26-54-40(63)24-30(41(64)56-33(11-7-19-53-45(50)51)37(60)22-29(43(66)67)10-6-18-52-44(48)49)23-38(61)34(21-27-8-4-3-5-9-27)55-39(62)17-16-36(59)35(25-68-69-46)57-42(65)32(47)20-28-12-14-31(58)15-13-28/h3-5,8-9,12-15,29-30,32-35,58H,6-7,10-11,16-26,47H2,1-2H3,(H,54,63)(H,55,62)(H,56,64)(H,57,65)(H,66,67)(H4,48,49,52)(H4,50,51,53). The first-order valence-corrected chi connectivity index (χ1v) is 24.9. The Balaban J connectivity index is 1.91. The lowest BCUT2D eigenvalue weighted by molar-refractivity contribution is -0.144. The van der Waals surface area contributed by atoms with Crippen LogP contribution in [0.2, 0.25) is 0 Å². The highest BCUT2D eigenvalue weighted by Gasteiger charge is 2.34. The van der Waals surface area contributed by atoms with Gasteiger partial charge in [0, 0.05) is 62.2 Å². The van der Waals surface area contributed by atoms with E-state index in [4.69, 9.17) is 28.7 Å². The van der Waals surface area contributed by atoms with Crippen molar-refractivity contribution in [3.63, 3.8) is 0 Å². The molecule has 6 atom stereocenters. The number of aliphatic carboxylic acids is 1. The summed E-state index contributed by atoms with van der Waals surface area (Å²) in [4.78, 5) is 117. The van der Waals surface area contributed by atoms with Gasteiger partial charge in [-0.25, -0.2) is 0 Å². The summed E-state index contributed by atoms with van der Waals surface area (Å²) in [6.45, 7) is 3.96. The van der Waals surface area contributed by atoms with E-state index in [-0.39, 0.29) is 94.4 Å². The van der Waals surface area contributed by atoms with Crippen LogP contribution in [0.15, 0.2) is 64.6 Å². The van der Waals surface area contributed by atoms with Crippen LogP contribution in [-0.2, 0) is 51.2 Å². The average molecular weight is 998 g/mol. The zero-order chi connectivity index (χ0) is 51.1. The number of nitrogens with two attached hydrogens (primary N) is 5. The van der Waals surface area contributed by atoms with Crippen molar-refractivity contribution in [2.75, 3.05) is 25.4 Å². The number of phenols is 1. The van der Waals surface area contributed by atoms with Gasteiger partial charge in [-0.2, -0.15) is 0 Å². The lowest BCUT2D eigenvalue weighted by Crippen LogP contribution is -2.50. The molecule has 0 bridgehead atoms. The molecule has 0 aliphatic carbocycles. The highest BCUT2D eigenvalue weighted by Crippen LogP contribution is 2.36. The van der Waals surface area contributed by atoms with Crippen molar-refractivity contribution in [1.29, 1.82) is 0 Å². The van der Waals surface area contributed by atoms with Gasteiger partial charge in [0.2, 0.25) is 23.6 Å². The maximum atomic E-state index is 14.3. The van der Waals surface area contributed by atoms with E-state index in [1.807, 2.05) is 13.8 Å². The van der Waals surface area contributed by atoms with Gasteiger partial charge in [0.25, 0.3) is 0 Å². The van der Waals surface area contributed by atoms with Gasteiger partial charge in [-0.3, -0.25) is 48.3 Å². The molecule has 4 amide bonds. The molecular weight excluding hydrogens is 931 g/mol. The Kier molecular flexibility index (Phi) is 24.0. The summed E-state index contributed by atoms with van der Waals surface area (Å²) in [5.74, 6) is -8.35. The van der Waals surface area contributed by atoms with Gasteiger partial charge in [0.05, 0.1) is 36.0 Å². The molecule has 1 aliphatic heterocycles. The molecule has 2 aromatic rings. The topological polar surface area (TPSA) is 380 Å². The fourth-order valence-corrected chi connectivity index (χ4v) is 9.81. The summed E-state index contributed by atoms with van der Waals surface area (Å²) in [5, 5.41) is 30.6. The SMILES string of the molecule is CC1(C)CNC(=O)CC(C(=O)NC(CCCN=C(N)N)C(=O)CC(CCCN=C(N)N)C(=O)O)CC(=O)C(Cc2ccccc2)NC(=O)CCC(=O)C(NC(=O)C(N)Cc2ccc(O)cc2)CSS1. The molecule has 1 heterocycles. The second kappa shape index (κ2) is 29.0. The van der Waals surface area contributed by atoms with Crippen LogP contribution in [-0.4, -0.2) is 123 Å². The number of nitrogens with zero attached hydrogens (tertiary/aromatic N) is 2. The highest BCUT2D eigenvalue weighted by molar-refractivity contribution is 8.77. The van der Waals surface area contributed by atoms with E-state index in [1.165, 1.54) is 33.7 Å². The smallest absolute Gasteiger partial charge is 0.306 e. The van der Waals surface area contributed by atoms with Crippen LogP contribution in [0, 0.1) is 11.8 Å². The lowest BCUT2D eigenvalue weighted by Gasteiger charge is -2.27. The first-order chi connectivity index (χ1) is 32.6. The first-order valence-electron chi connectivity index (χ1n) is 22.6. The second-order valence-corrected chi connectivity index (χ2v) is 20.5. The van der Waals surface area contributed by atoms with Gasteiger partial charge in [-0.15, -0.1) is 0 Å². The molecule has 3 rings (SSSR count). The Hall–Kier alpha value is -6.20. The minimum atomic E-state index is -1.36. The molecular formula is C46H67N11O10S2. The number of benzene rings is 2. The fourth-order valence-electron chi connectivity index (χ4n) is 7.14. The van der Waals surface area contributed by atoms with Crippen LogP contribution in [0.1, 0.15) is 82.8 Å². The summed E-state index contributed by atoms with van der Waals surface area (Å²) in [6.07, 6.45) is -1.57. The molecule has 23 heteroatoms. The molecule has 0 aromatic heterocycles. The van der Waals surface area contributed by atoms with E-state index in [1.54, 1.807) is 42.5 Å².